The van der Waals surface area contributed by atoms with Crippen molar-refractivity contribution < 1.29 is 9.53 Å². The first-order chi connectivity index (χ1) is 7.10. The van der Waals surface area contributed by atoms with Gasteiger partial charge in [-0.1, -0.05) is 11.8 Å². The number of thioether (sulfide) groups is 1. The first-order valence-corrected chi connectivity index (χ1v) is 5.17. The number of nitrogens with two attached hydrogens (primary N) is 1. The summed E-state index contributed by atoms with van der Waals surface area (Å²) in [5.74, 6) is 4.88. The molecule has 0 bridgehead atoms. The lowest BCUT2D eigenvalue weighted by Crippen LogP contribution is -2.34. The van der Waals surface area contributed by atoms with E-state index in [0.717, 1.165) is 4.68 Å². The van der Waals surface area contributed by atoms with E-state index in [2.05, 4.69) is 14.9 Å². The summed E-state index contributed by atoms with van der Waals surface area (Å²) >= 11 is 1.19. The van der Waals surface area contributed by atoms with Crippen LogP contribution in [-0.2, 0) is 16.0 Å². The Labute approximate surface area is 89.6 Å². The fourth-order valence-electron chi connectivity index (χ4n) is 0.879. The van der Waals surface area contributed by atoms with Gasteiger partial charge in [0.05, 0.1) is 13.5 Å². The van der Waals surface area contributed by atoms with E-state index in [-0.39, 0.29) is 17.3 Å². The maximum Gasteiger partial charge on any atom is 0.311 e. The fourth-order valence-corrected chi connectivity index (χ4v) is 1.28. The SMILES string of the molecule is COC(=O)Cc1nnc(SC)n(N)c1=O. The molecular formula is C7H10N4O3S. The molecule has 1 rings (SSSR count). The Morgan fingerprint density at radius 3 is 2.80 bits per heavy atom. The van der Waals surface area contributed by atoms with Gasteiger partial charge in [-0.25, -0.2) is 0 Å². The van der Waals surface area contributed by atoms with E-state index in [1.165, 1.54) is 18.9 Å². The van der Waals surface area contributed by atoms with E-state index in [4.69, 9.17) is 5.84 Å². The second-order valence-corrected chi connectivity index (χ2v) is 3.33. The predicted octanol–water partition coefficient (Wildman–Crippen LogP) is -1.21. The second-order valence-electron chi connectivity index (χ2n) is 2.56. The van der Waals surface area contributed by atoms with Crippen molar-refractivity contribution in [2.45, 2.75) is 11.6 Å². The third kappa shape index (κ3) is 2.46. The molecule has 0 saturated carbocycles. The van der Waals surface area contributed by atoms with Crippen LogP contribution in [0, 0.1) is 0 Å². The van der Waals surface area contributed by atoms with Gasteiger partial charge in [0.15, 0.2) is 0 Å². The third-order valence-corrected chi connectivity index (χ3v) is 2.29. The van der Waals surface area contributed by atoms with Gasteiger partial charge >= 0.3 is 5.97 Å². The highest BCUT2D eigenvalue weighted by Gasteiger charge is 2.13. The van der Waals surface area contributed by atoms with Crippen molar-refractivity contribution >= 4 is 17.7 Å². The van der Waals surface area contributed by atoms with Gasteiger partial charge in [-0.05, 0) is 6.26 Å². The average Bonchev–Trinajstić information content (AvgIpc) is 2.25. The molecule has 82 valence electrons. The molecule has 0 fully saturated rings. The highest BCUT2D eigenvalue weighted by atomic mass is 32.2. The molecule has 15 heavy (non-hydrogen) atoms. The molecule has 0 unspecified atom stereocenters. The number of ether oxygens (including phenoxy) is 1. The van der Waals surface area contributed by atoms with Crippen LogP contribution in [0.4, 0.5) is 0 Å². The fraction of sp³-hybridized carbons (Fsp3) is 0.429. The van der Waals surface area contributed by atoms with Gasteiger partial charge in [0.25, 0.3) is 5.56 Å². The monoisotopic (exact) mass is 230 g/mol. The Balaban J connectivity index is 3.07. The summed E-state index contributed by atoms with van der Waals surface area (Å²) in [5.41, 5.74) is -0.568. The number of carbonyl (C=O) groups excluding carboxylic acids is 1. The Kier molecular flexibility index (Phi) is 3.67. The molecule has 0 aliphatic heterocycles. The molecule has 0 aromatic carbocycles. The number of aromatic nitrogens is 3. The number of esters is 1. The maximum absolute atomic E-state index is 11.5. The quantitative estimate of drug-likeness (QED) is 0.395. The number of hydrogen-bond acceptors (Lipinski definition) is 7. The van der Waals surface area contributed by atoms with Crippen molar-refractivity contribution in [3.8, 4) is 0 Å². The van der Waals surface area contributed by atoms with Gasteiger partial charge in [0.2, 0.25) is 5.16 Å². The minimum absolute atomic E-state index is 0.0258. The standard InChI is InChI=1S/C7H10N4O3S/c1-14-5(12)3-4-6(13)11(8)7(15-2)10-9-4/h3,8H2,1-2H3. The first kappa shape index (κ1) is 11.5. The predicted molar refractivity (Wildman–Crippen MR) is 53.9 cm³/mol. The molecule has 0 atom stereocenters. The topological polar surface area (TPSA) is 100 Å². The van der Waals surface area contributed by atoms with E-state index < -0.39 is 11.5 Å². The smallest absolute Gasteiger partial charge is 0.311 e. The Morgan fingerprint density at radius 1 is 1.60 bits per heavy atom. The van der Waals surface area contributed by atoms with Crippen LogP contribution in [0.3, 0.4) is 0 Å². The normalized spacial score (nSPS) is 10.0. The number of methoxy groups -OCH3 is 1. The summed E-state index contributed by atoms with van der Waals surface area (Å²) in [7, 11) is 1.23. The maximum atomic E-state index is 11.5. The lowest BCUT2D eigenvalue weighted by molar-refractivity contribution is -0.139. The van der Waals surface area contributed by atoms with Gasteiger partial charge in [0.1, 0.15) is 5.69 Å². The van der Waals surface area contributed by atoms with E-state index >= 15 is 0 Å². The van der Waals surface area contributed by atoms with Crippen molar-refractivity contribution in [3.05, 3.63) is 16.0 Å². The van der Waals surface area contributed by atoms with Crippen LogP contribution in [-0.4, -0.2) is 34.2 Å². The lowest BCUT2D eigenvalue weighted by atomic mass is 10.3. The van der Waals surface area contributed by atoms with Gasteiger partial charge in [-0.15, -0.1) is 10.2 Å². The minimum atomic E-state index is -0.557. The van der Waals surface area contributed by atoms with Gasteiger partial charge < -0.3 is 10.6 Å². The van der Waals surface area contributed by atoms with Crippen LogP contribution < -0.4 is 11.4 Å². The van der Waals surface area contributed by atoms with Gasteiger partial charge in [-0.3, -0.25) is 9.59 Å². The molecule has 7 nitrogen and oxygen atoms in total. The molecule has 1 aromatic rings. The molecule has 0 aliphatic rings. The molecule has 1 heterocycles. The summed E-state index contributed by atoms with van der Waals surface area (Å²) in [6, 6.07) is 0. The number of nitrogens with zero attached hydrogens (tertiary/aromatic N) is 3. The van der Waals surface area contributed by atoms with Crippen LogP contribution in [0.15, 0.2) is 9.95 Å². The molecule has 0 radical (unpaired) electrons. The molecule has 8 heteroatoms. The average molecular weight is 230 g/mol. The highest BCUT2D eigenvalue weighted by molar-refractivity contribution is 7.98. The Hall–Kier alpha value is -1.57. The summed E-state index contributed by atoms with van der Waals surface area (Å²) in [6.45, 7) is 0. The van der Waals surface area contributed by atoms with Crippen LogP contribution in [0.2, 0.25) is 0 Å². The zero-order valence-corrected chi connectivity index (χ0v) is 9.08. The highest BCUT2D eigenvalue weighted by Crippen LogP contribution is 2.04. The van der Waals surface area contributed by atoms with E-state index in [1.54, 1.807) is 6.26 Å². The summed E-state index contributed by atoms with van der Waals surface area (Å²) in [6.07, 6.45) is 1.49. The first-order valence-electron chi connectivity index (χ1n) is 3.94. The largest absolute Gasteiger partial charge is 0.469 e. The van der Waals surface area contributed by atoms with Crippen molar-refractivity contribution in [1.82, 2.24) is 14.9 Å². The molecular weight excluding hydrogens is 220 g/mol. The molecule has 0 aliphatic carbocycles. The number of rotatable bonds is 3. The van der Waals surface area contributed by atoms with E-state index in [0.29, 0.717) is 0 Å². The summed E-state index contributed by atoms with van der Waals surface area (Å²) in [5, 5.41) is 7.59. The van der Waals surface area contributed by atoms with Crippen LogP contribution in [0.5, 0.6) is 0 Å². The second kappa shape index (κ2) is 4.78. The molecule has 1 aromatic heterocycles. The number of hydrogen-bond donors (Lipinski definition) is 1. The summed E-state index contributed by atoms with van der Waals surface area (Å²) < 4.78 is 5.26. The molecule has 0 spiro atoms. The molecule has 2 N–H and O–H groups in total. The van der Waals surface area contributed by atoms with Crippen molar-refractivity contribution in [1.29, 1.82) is 0 Å². The molecule has 0 saturated heterocycles. The number of carbonyl (C=O) groups is 1. The van der Waals surface area contributed by atoms with Gasteiger partial charge in [0, 0.05) is 0 Å². The van der Waals surface area contributed by atoms with Crippen LogP contribution in [0.1, 0.15) is 5.69 Å². The van der Waals surface area contributed by atoms with Crippen molar-refractivity contribution in [2.75, 3.05) is 19.2 Å². The minimum Gasteiger partial charge on any atom is -0.469 e. The van der Waals surface area contributed by atoms with E-state index in [1.807, 2.05) is 0 Å². The van der Waals surface area contributed by atoms with Crippen LogP contribution >= 0.6 is 11.8 Å². The third-order valence-electron chi connectivity index (χ3n) is 1.65. The van der Waals surface area contributed by atoms with Gasteiger partial charge in [-0.2, -0.15) is 4.68 Å². The van der Waals surface area contributed by atoms with Crippen LogP contribution in [0.25, 0.3) is 0 Å². The number of nitrogen functional groups attached to an aromatic ring is 1. The van der Waals surface area contributed by atoms with E-state index in [9.17, 15) is 9.59 Å². The lowest BCUT2D eigenvalue weighted by Gasteiger charge is -2.04. The van der Waals surface area contributed by atoms with Crippen molar-refractivity contribution in [2.24, 2.45) is 0 Å². The molecule has 0 amide bonds. The summed E-state index contributed by atoms with van der Waals surface area (Å²) in [4.78, 5) is 22.4. The Bertz CT molecular complexity index is 431. The Morgan fingerprint density at radius 2 is 2.27 bits per heavy atom. The zero-order chi connectivity index (χ0) is 11.4. The zero-order valence-electron chi connectivity index (χ0n) is 8.26. The van der Waals surface area contributed by atoms with Crippen molar-refractivity contribution in [3.63, 3.8) is 0 Å².